The quantitative estimate of drug-likeness (QED) is 0.0172. The normalized spacial score (nSPS) is 12.1. The van der Waals surface area contributed by atoms with Gasteiger partial charge in [-0.05, 0) is 50.2 Å². The second-order valence-corrected chi connectivity index (χ2v) is 16.9. The molecule has 0 saturated heterocycles. The van der Waals surface area contributed by atoms with Gasteiger partial charge in [-0.2, -0.15) is 66.8 Å². The first-order valence-electron chi connectivity index (χ1n) is 17.3. The Balaban J connectivity index is 1.24. The number of aromatic nitrogens is 11. The number of aromatic hydroxyl groups is 1. The fourth-order valence-electron chi connectivity index (χ4n) is 5.66. The Labute approximate surface area is 380 Å². The Morgan fingerprint density at radius 3 is 1.91 bits per heavy atom. The SMILES string of the molecule is [C-]#[N+]c1cnn(-c2cc(SOOO)ccc2S(=O)(=O)O)c1N=Nc1c(C)nn(-c2nc(O)nc(-n3nc(C)c(N=Nc4c(C#N)cnn4-c4cc(S(=O)(=O)O)ccc4SOOO)c3N)n2)c1N. The maximum Gasteiger partial charge on any atom is 0.320 e. The Kier molecular flexibility index (Phi) is 13.3. The smallest absolute Gasteiger partial charge is 0.320 e. The van der Waals surface area contributed by atoms with Crippen molar-refractivity contribution >= 4 is 84.7 Å². The van der Waals surface area contributed by atoms with Crippen molar-refractivity contribution < 1.29 is 60.3 Å². The number of anilines is 2. The number of hydrogen-bond acceptors (Lipinski definition) is 27. The molecule has 0 atom stereocenters. The first kappa shape index (κ1) is 47.1. The molecule has 0 spiro atoms. The van der Waals surface area contributed by atoms with Gasteiger partial charge in [0.05, 0.1) is 75.6 Å². The minimum atomic E-state index is -4.89. The summed E-state index contributed by atoms with van der Waals surface area (Å²) in [5.41, 5.74) is 11.9. The van der Waals surface area contributed by atoms with Gasteiger partial charge in [0.25, 0.3) is 37.8 Å². The van der Waals surface area contributed by atoms with Crippen LogP contribution in [0.25, 0.3) is 28.1 Å². The monoisotopic (exact) mass is 997 g/mol. The van der Waals surface area contributed by atoms with Crippen LogP contribution in [0.1, 0.15) is 17.0 Å². The van der Waals surface area contributed by atoms with E-state index in [0.717, 1.165) is 55.4 Å². The van der Waals surface area contributed by atoms with Gasteiger partial charge in [0.1, 0.15) is 16.5 Å². The summed E-state index contributed by atoms with van der Waals surface area (Å²) < 4.78 is 80.8. The van der Waals surface area contributed by atoms with Gasteiger partial charge in [0, 0.05) is 4.90 Å². The number of nitriles is 1. The van der Waals surface area contributed by atoms with E-state index in [1.807, 2.05) is 6.07 Å². The Hall–Kier alpha value is -7.85. The van der Waals surface area contributed by atoms with E-state index in [1.54, 1.807) is 0 Å². The van der Waals surface area contributed by atoms with Crippen molar-refractivity contribution in [2.45, 2.75) is 33.4 Å². The molecule has 7 aromatic rings. The van der Waals surface area contributed by atoms with E-state index in [0.29, 0.717) is 24.1 Å². The summed E-state index contributed by atoms with van der Waals surface area (Å²) in [6.07, 6.45) is 2.12. The second kappa shape index (κ2) is 18.9. The van der Waals surface area contributed by atoms with E-state index >= 15 is 0 Å². The van der Waals surface area contributed by atoms with E-state index in [9.17, 15) is 36.3 Å². The minimum absolute atomic E-state index is 0.0566. The Morgan fingerprint density at radius 1 is 0.761 bits per heavy atom. The maximum atomic E-state index is 12.3. The lowest BCUT2D eigenvalue weighted by Crippen LogP contribution is -2.13. The molecule has 5 heterocycles. The molecular formula is C31H23N19O13S4. The number of azo groups is 2. The largest absolute Gasteiger partial charge is 0.479 e. The van der Waals surface area contributed by atoms with Crippen LogP contribution >= 0.6 is 24.1 Å². The molecule has 0 aliphatic rings. The minimum Gasteiger partial charge on any atom is -0.479 e. The van der Waals surface area contributed by atoms with Crippen molar-refractivity contribution in [3.8, 4) is 35.4 Å². The molecule has 344 valence electrons. The van der Waals surface area contributed by atoms with Crippen LogP contribution in [0.5, 0.6) is 6.01 Å². The third-order valence-corrected chi connectivity index (χ3v) is 11.5. The molecule has 0 aliphatic heterocycles. The third-order valence-electron chi connectivity index (χ3n) is 8.51. The lowest BCUT2D eigenvalue weighted by Gasteiger charge is -2.10. The molecule has 0 amide bonds. The van der Waals surface area contributed by atoms with Gasteiger partial charge >= 0.3 is 6.01 Å². The van der Waals surface area contributed by atoms with E-state index in [2.05, 4.69) is 79.4 Å². The molecule has 9 N–H and O–H groups in total. The number of hydrogen-bond donors (Lipinski definition) is 7. The van der Waals surface area contributed by atoms with Crippen molar-refractivity contribution in [1.82, 2.24) is 54.1 Å². The molecule has 32 nitrogen and oxygen atoms in total. The molecule has 0 saturated carbocycles. The molecule has 0 bridgehead atoms. The highest BCUT2D eigenvalue weighted by Gasteiger charge is 2.26. The highest BCUT2D eigenvalue weighted by atomic mass is 32.2. The van der Waals surface area contributed by atoms with Crippen LogP contribution in [0, 0.1) is 31.8 Å². The van der Waals surface area contributed by atoms with Gasteiger partial charge in [0.15, 0.2) is 34.6 Å². The topological polar surface area (TPSA) is 446 Å². The van der Waals surface area contributed by atoms with Crippen molar-refractivity contribution in [1.29, 1.82) is 5.26 Å². The summed E-state index contributed by atoms with van der Waals surface area (Å²) in [6, 6.07) is 7.52. The first-order chi connectivity index (χ1) is 31.9. The van der Waals surface area contributed by atoms with Gasteiger partial charge in [-0.15, -0.1) is 29.1 Å². The molecule has 36 heteroatoms. The van der Waals surface area contributed by atoms with E-state index in [4.69, 9.17) is 28.6 Å². The predicted octanol–water partition coefficient (Wildman–Crippen LogP) is 4.70. The van der Waals surface area contributed by atoms with Gasteiger partial charge in [-0.25, -0.2) is 24.7 Å². The molecule has 7 rings (SSSR count). The lowest BCUT2D eigenvalue weighted by molar-refractivity contribution is -0.432. The third kappa shape index (κ3) is 9.61. The van der Waals surface area contributed by atoms with Crippen LogP contribution in [0.15, 0.2) is 88.8 Å². The number of benzene rings is 2. The number of nitrogens with two attached hydrogens (primary N) is 2. The summed E-state index contributed by atoms with van der Waals surface area (Å²) in [7, 11) is -9.65. The highest BCUT2D eigenvalue weighted by molar-refractivity contribution is 7.95. The molecule has 2 aromatic carbocycles. The Bertz CT molecular complexity index is 3470. The van der Waals surface area contributed by atoms with Crippen molar-refractivity contribution in [3.63, 3.8) is 0 Å². The van der Waals surface area contributed by atoms with Gasteiger partial charge in [0.2, 0.25) is 0 Å². The predicted molar refractivity (Wildman–Crippen MR) is 221 cm³/mol. The first-order valence-corrected chi connectivity index (χ1v) is 21.7. The van der Waals surface area contributed by atoms with Crippen molar-refractivity contribution in [2.75, 3.05) is 11.5 Å². The van der Waals surface area contributed by atoms with Gasteiger partial charge in [-0.3, -0.25) is 9.11 Å². The summed E-state index contributed by atoms with van der Waals surface area (Å²) in [5, 5.41) is 78.2. The fraction of sp³-hybridized carbons (Fsp3) is 0.0645. The highest BCUT2D eigenvalue weighted by Crippen LogP contribution is 2.39. The zero-order valence-corrected chi connectivity index (χ0v) is 36.3. The zero-order valence-electron chi connectivity index (χ0n) is 33.0. The average Bonchev–Trinajstić information content (AvgIpc) is 4.04. The fourth-order valence-corrected chi connectivity index (χ4v) is 7.66. The van der Waals surface area contributed by atoms with E-state index < -0.39 is 47.9 Å². The second-order valence-electron chi connectivity index (χ2n) is 12.5. The molecule has 5 aromatic heterocycles. The van der Waals surface area contributed by atoms with Crippen molar-refractivity contribution in [3.05, 3.63) is 77.2 Å². The lowest BCUT2D eigenvalue weighted by atomic mass is 10.3. The zero-order chi connectivity index (χ0) is 48.4. The molecule has 0 aliphatic carbocycles. The molecule has 0 radical (unpaired) electrons. The standard InChI is InChI=1S/C31H23N19O13S4/c1-13-23(41-43-27-15(10-32)11-36-47(27)19-9-17(66(54,55)56)5-6-21(19)65-63-61-53)25(33)49(45-13)29-38-30(40-31(51)39-29)50-26(34)24(14(2)46-50)42-44-28-18(35-3)12-37-48(28)20-8-16(64-62-60-52)4-7-22(20)67(57,58)59/h4-9,11-12,52-53H,33-34H2,1-2H3,(H,54,55,56)(H,57,58,59)(H,38,39,40,51). The summed E-state index contributed by atoms with van der Waals surface area (Å²) >= 11 is 0.864. The summed E-state index contributed by atoms with van der Waals surface area (Å²) in [6.45, 7) is 10.5. The molecule has 0 unspecified atom stereocenters. The Morgan fingerprint density at radius 2 is 1.34 bits per heavy atom. The molecule has 0 fully saturated rings. The number of rotatable bonds is 16. The molecule has 67 heavy (non-hydrogen) atoms. The van der Waals surface area contributed by atoms with Crippen LogP contribution in [0.3, 0.4) is 0 Å². The van der Waals surface area contributed by atoms with Gasteiger partial charge < -0.3 is 16.6 Å². The summed E-state index contributed by atoms with van der Waals surface area (Å²) in [5.74, 6) is -1.99. The molecular weight excluding hydrogens is 975 g/mol. The average molecular weight is 998 g/mol. The van der Waals surface area contributed by atoms with Crippen LogP contribution < -0.4 is 11.5 Å². The number of nitrogen functional groups attached to an aromatic ring is 2. The van der Waals surface area contributed by atoms with E-state index in [-0.39, 0.29) is 78.5 Å². The van der Waals surface area contributed by atoms with Crippen molar-refractivity contribution in [2.24, 2.45) is 20.5 Å². The van der Waals surface area contributed by atoms with Crippen LogP contribution in [-0.2, 0) is 39.0 Å². The van der Waals surface area contributed by atoms with E-state index in [1.165, 1.54) is 26.0 Å². The van der Waals surface area contributed by atoms with Crippen LogP contribution in [0.4, 0.5) is 40.3 Å². The van der Waals surface area contributed by atoms with Crippen LogP contribution in [-0.4, -0.2) is 95.6 Å². The van der Waals surface area contributed by atoms with Crippen LogP contribution in [0.2, 0.25) is 0 Å². The van der Waals surface area contributed by atoms with Gasteiger partial charge in [-0.1, -0.05) is 10.1 Å². The maximum absolute atomic E-state index is 12.3. The number of nitrogens with zero attached hydrogens (tertiary/aromatic N) is 17. The number of aryl methyl sites for hydroxylation is 2. The summed E-state index contributed by atoms with van der Waals surface area (Å²) in [4.78, 5) is 14.4.